The van der Waals surface area contributed by atoms with Crippen LogP contribution in [0.1, 0.15) is 69.1 Å². The summed E-state index contributed by atoms with van der Waals surface area (Å²) in [5, 5.41) is 0. The molecule has 17 heavy (non-hydrogen) atoms. The van der Waals surface area contributed by atoms with Gasteiger partial charge in [0.1, 0.15) is 0 Å². The first-order chi connectivity index (χ1) is 8.20. The minimum atomic E-state index is 0.704. The zero-order chi connectivity index (χ0) is 12.4. The Bertz CT molecular complexity index is 437. The first kappa shape index (κ1) is 12.4. The number of allylic oxidation sites excluding steroid dienone is 2. The molecule has 0 spiro atoms. The van der Waals surface area contributed by atoms with Crippen LogP contribution in [0.4, 0.5) is 0 Å². The minimum absolute atomic E-state index is 0.704. The molecule has 0 saturated carbocycles. The first-order valence-electron chi connectivity index (χ1n) is 7.00. The molecule has 0 N–H and O–H groups in total. The van der Waals surface area contributed by atoms with Gasteiger partial charge in [0, 0.05) is 5.92 Å². The second kappa shape index (κ2) is 5.08. The summed E-state index contributed by atoms with van der Waals surface area (Å²) in [6, 6.07) is 6.81. The molecule has 0 heteroatoms. The molecule has 1 atom stereocenters. The largest absolute Gasteiger partial charge is 0.0653 e. The number of aryl methyl sites for hydroxylation is 1. The van der Waals surface area contributed by atoms with Crippen LogP contribution in [0.2, 0.25) is 0 Å². The lowest BCUT2D eigenvalue weighted by atomic mass is 9.89. The lowest BCUT2D eigenvalue weighted by Gasteiger charge is -2.16. The lowest BCUT2D eigenvalue weighted by Crippen LogP contribution is -1.99. The van der Waals surface area contributed by atoms with Crippen LogP contribution in [0.5, 0.6) is 0 Å². The van der Waals surface area contributed by atoms with E-state index in [-0.39, 0.29) is 0 Å². The average molecular weight is 228 g/mol. The van der Waals surface area contributed by atoms with E-state index in [2.05, 4.69) is 45.9 Å². The molecule has 0 heterocycles. The third kappa shape index (κ3) is 2.06. The Labute approximate surface area is 106 Å². The highest BCUT2D eigenvalue weighted by molar-refractivity contribution is 5.79. The van der Waals surface area contributed by atoms with E-state index in [1.807, 2.05) is 0 Å². The molecule has 0 aliphatic heterocycles. The molecule has 1 aromatic carbocycles. The number of rotatable bonds is 4. The van der Waals surface area contributed by atoms with E-state index >= 15 is 0 Å². The summed E-state index contributed by atoms with van der Waals surface area (Å²) in [4.78, 5) is 0. The van der Waals surface area contributed by atoms with E-state index in [0.717, 1.165) is 0 Å². The summed E-state index contributed by atoms with van der Waals surface area (Å²) in [6.07, 6.45) is 5.12. The summed E-state index contributed by atoms with van der Waals surface area (Å²) >= 11 is 0. The Kier molecular flexibility index (Phi) is 3.71. The normalized spacial score (nSPS) is 18.7. The van der Waals surface area contributed by atoms with Crippen molar-refractivity contribution >= 4 is 5.57 Å². The van der Waals surface area contributed by atoms with Gasteiger partial charge in [-0.2, -0.15) is 0 Å². The smallest absolute Gasteiger partial charge is 0.00601 e. The molecule has 0 fully saturated rings. The monoisotopic (exact) mass is 228 g/mol. The molecular weight excluding hydrogens is 204 g/mol. The van der Waals surface area contributed by atoms with Crippen LogP contribution in [0.3, 0.4) is 0 Å². The molecule has 0 bridgehead atoms. The molecule has 0 radical (unpaired) electrons. The van der Waals surface area contributed by atoms with E-state index < -0.39 is 0 Å². The second-order valence-corrected chi connectivity index (χ2v) is 5.28. The quantitative estimate of drug-likeness (QED) is 0.641. The average Bonchev–Trinajstić information content (AvgIpc) is 2.57. The van der Waals surface area contributed by atoms with Gasteiger partial charge in [-0.1, -0.05) is 50.5 Å². The van der Waals surface area contributed by atoms with E-state index in [1.165, 1.54) is 31.2 Å². The predicted octanol–water partition coefficient (Wildman–Crippen LogP) is 5.47. The van der Waals surface area contributed by atoms with Gasteiger partial charge in [0.25, 0.3) is 0 Å². The fourth-order valence-electron chi connectivity index (χ4n) is 3.35. The zero-order valence-electron chi connectivity index (χ0n) is 11.6. The summed E-state index contributed by atoms with van der Waals surface area (Å²) in [6.45, 7) is 9.17. The third-order valence-corrected chi connectivity index (χ3v) is 4.05. The molecule has 0 saturated heterocycles. The van der Waals surface area contributed by atoms with Crippen molar-refractivity contribution in [1.29, 1.82) is 0 Å². The van der Waals surface area contributed by atoms with Crippen molar-refractivity contribution in [2.24, 2.45) is 0 Å². The van der Waals surface area contributed by atoms with Gasteiger partial charge in [0.2, 0.25) is 0 Å². The number of benzene rings is 1. The maximum atomic E-state index is 2.34. The van der Waals surface area contributed by atoms with Gasteiger partial charge in [-0.05, 0) is 49.0 Å². The molecule has 1 aromatic rings. The molecule has 1 aliphatic rings. The molecule has 1 unspecified atom stereocenters. The van der Waals surface area contributed by atoms with E-state index in [0.29, 0.717) is 5.92 Å². The Morgan fingerprint density at radius 2 is 1.82 bits per heavy atom. The van der Waals surface area contributed by atoms with Crippen LogP contribution in [0, 0.1) is 6.92 Å². The number of fused-ring (bicyclic) bond motifs is 1. The maximum absolute atomic E-state index is 2.34. The van der Waals surface area contributed by atoms with Gasteiger partial charge in [0.15, 0.2) is 0 Å². The highest BCUT2D eigenvalue weighted by Gasteiger charge is 2.28. The van der Waals surface area contributed by atoms with Crippen LogP contribution < -0.4 is 0 Å². The molecular formula is C17H24. The molecule has 92 valence electrons. The van der Waals surface area contributed by atoms with Crippen molar-refractivity contribution in [2.45, 2.75) is 59.3 Å². The third-order valence-electron chi connectivity index (χ3n) is 4.05. The van der Waals surface area contributed by atoms with Gasteiger partial charge >= 0.3 is 0 Å². The van der Waals surface area contributed by atoms with Crippen molar-refractivity contribution in [3.63, 3.8) is 0 Å². The predicted molar refractivity (Wildman–Crippen MR) is 76.3 cm³/mol. The zero-order valence-corrected chi connectivity index (χ0v) is 11.6. The fourth-order valence-corrected chi connectivity index (χ4v) is 3.35. The van der Waals surface area contributed by atoms with Gasteiger partial charge in [-0.15, -0.1) is 0 Å². The maximum Gasteiger partial charge on any atom is 0.00601 e. The van der Waals surface area contributed by atoms with Crippen molar-refractivity contribution in [1.82, 2.24) is 0 Å². The molecule has 2 rings (SSSR count). The van der Waals surface area contributed by atoms with Crippen molar-refractivity contribution in [3.05, 3.63) is 40.5 Å². The SMILES string of the molecule is CCCC1=C(C)c2c(C)cccc2C1CCC. The molecule has 0 aromatic heterocycles. The second-order valence-electron chi connectivity index (χ2n) is 5.28. The summed E-state index contributed by atoms with van der Waals surface area (Å²) in [7, 11) is 0. The Balaban J connectivity index is 2.50. The fraction of sp³-hybridized carbons (Fsp3) is 0.529. The first-order valence-corrected chi connectivity index (χ1v) is 7.00. The summed E-state index contributed by atoms with van der Waals surface area (Å²) in [5.74, 6) is 0.704. The van der Waals surface area contributed by atoms with Crippen LogP contribution in [0.25, 0.3) is 5.57 Å². The molecule has 0 nitrogen and oxygen atoms in total. The van der Waals surface area contributed by atoms with Gasteiger partial charge in [-0.3, -0.25) is 0 Å². The van der Waals surface area contributed by atoms with Crippen molar-refractivity contribution in [3.8, 4) is 0 Å². The van der Waals surface area contributed by atoms with Crippen LogP contribution in [0.15, 0.2) is 23.8 Å². The van der Waals surface area contributed by atoms with Crippen molar-refractivity contribution in [2.75, 3.05) is 0 Å². The summed E-state index contributed by atoms with van der Waals surface area (Å²) in [5.41, 5.74) is 7.87. The van der Waals surface area contributed by atoms with Gasteiger partial charge in [0.05, 0.1) is 0 Å². The highest BCUT2D eigenvalue weighted by Crippen LogP contribution is 2.46. The Hall–Kier alpha value is -1.04. The van der Waals surface area contributed by atoms with E-state index in [1.54, 1.807) is 22.3 Å². The molecule has 0 amide bonds. The van der Waals surface area contributed by atoms with E-state index in [9.17, 15) is 0 Å². The number of hydrogen-bond acceptors (Lipinski definition) is 0. The van der Waals surface area contributed by atoms with E-state index in [4.69, 9.17) is 0 Å². The number of hydrogen-bond donors (Lipinski definition) is 0. The highest BCUT2D eigenvalue weighted by atomic mass is 14.3. The van der Waals surface area contributed by atoms with Crippen molar-refractivity contribution < 1.29 is 0 Å². The minimum Gasteiger partial charge on any atom is -0.0653 e. The molecule has 1 aliphatic carbocycles. The van der Waals surface area contributed by atoms with Crippen LogP contribution in [-0.4, -0.2) is 0 Å². The van der Waals surface area contributed by atoms with Crippen LogP contribution in [-0.2, 0) is 0 Å². The van der Waals surface area contributed by atoms with Crippen LogP contribution >= 0.6 is 0 Å². The summed E-state index contributed by atoms with van der Waals surface area (Å²) < 4.78 is 0. The topological polar surface area (TPSA) is 0 Å². The van der Waals surface area contributed by atoms with Gasteiger partial charge in [-0.25, -0.2) is 0 Å². The Morgan fingerprint density at radius 3 is 2.47 bits per heavy atom. The van der Waals surface area contributed by atoms with Gasteiger partial charge < -0.3 is 0 Å². The standard InChI is InChI=1S/C17H24/c1-5-8-14-13(4)17-12(3)10-7-11-16(17)15(14)9-6-2/h7,10-11,15H,5-6,8-9H2,1-4H3. The lowest BCUT2D eigenvalue weighted by molar-refractivity contribution is 0.665. The Morgan fingerprint density at radius 1 is 1.06 bits per heavy atom.